The first kappa shape index (κ1) is 21.6. The summed E-state index contributed by atoms with van der Waals surface area (Å²) in [5.74, 6) is 1.52. The third-order valence-corrected chi connectivity index (χ3v) is 7.59. The largest absolute Gasteiger partial charge is 0.320 e. The number of likely N-dealkylation sites (tertiary alicyclic amines) is 1. The molecule has 162 valence electrons. The highest BCUT2D eigenvalue weighted by molar-refractivity contribution is 5.35. The molecule has 1 aliphatic carbocycles. The van der Waals surface area contributed by atoms with Crippen LogP contribution >= 0.6 is 0 Å². The van der Waals surface area contributed by atoms with E-state index in [1.807, 2.05) is 0 Å². The molecule has 1 heterocycles. The van der Waals surface area contributed by atoms with Crippen molar-refractivity contribution in [3.8, 4) is 0 Å². The van der Waals surface area contributed by atoms with Crippen LogP contribution in [0.5, 0.6) is 0 Å². The van der Waals surface area contributed by atoms with Crippen molar-refractivity contribution >= 4 is 0 Å². The van der Waals surface area contributed by atoms with Crippen molar-refractivity contribution in [2.75, 3.05) is 13.1 Å². The molecule has 1 aliphatic heterocycles. The van der Waals surface area contributed by atoms with E-state index in [2.05, 4.69) is 66.4 Å². The summed E-state index contributed by atoms with van der Waals surface area (Å²) in [7, 11) is 0. The Hall–Kier alpha value is -1.64. The molecule has 0 bridgehead atoms. The van der Waals surface area contributed by atoms with Crippen LogP contribution in [0.1, 0.15) is 93.4 Å². The van der Waals surface area contributed by atoms with Crippen LogP contribution in [0, 0.1) is 5.92 Å². The third kappa shape index (κ3) is 5.53. The van der Waals surface area contributed by atoms with Crippen LogP contribution in [0.4, 0.5) is 0 Å². The summed E-state index contributed by atoms with van der Waals surface area (Å²) >= 11 is 0. The number of hydrogen-bond donors (Lipinski definition) is 1. The smallest absolute Gasteiger partial charge is 0.0551 e. The Balaban J connectivity index is 1.41. The molecule has 2 N–H and O–H groups in total. The molecule has 2 aromatic carbocycles. The van der Waals surface area contributed by atoms with Crippen LogP contribution in [0.2, 0.25) is 0 Å². The van der Waals surface area contributed by atoms with Crippen molar-refractivity contribution in [1.29, 1.82) is 0 Å². The lowest BCUT2D eigenvalue weighted by molar-refractivity contribution is 0.111. The van der Waals surface area contributed by atoms with Gasteiger partial charge >= 0.3 is 0 Å². The van der Waals surface area contributed by atoms with Crippen molar-refractivity contribution in [1.82, 2.24) is 4.90 Å². The van der Waals surface area contributed by atoms with Gasteiger partial charge in [-0.25, -0.2) is 0 Å². The van der Waals surface area contributed by atoms with Crippen molar-refractivity contribution in [3.05, 3.63) is 71.3 Å². The number of nitrogens with two attached hydrogens (primary N) is 1. The maximum atomic E-state index is 6.59. The molecule has 1 saturated heterocycles. The average Bonchev–Trinajstić information content (AvgIpc) is 2.81. The number of piperidine rings is 1. The minimum absolute atomic E-state index is 0.0487. The SMILES string of the molecule is CC(CN1CCCCC1CC1CCCCC1)c1cccc(C(N)c2ccccc2)c1. The second-order valence-electron chi connectivity index (χ2n) is 9.84. The van der Waals surface area contributed by atoms with Crippen LogP contribution in [0.3, 0.4) is 0 Å². The molecule has 30 heavy (non-hydrogen) atoms. The molecule has 3 unspecified atom stereocenters. The average molecular weight is 405 g/mol. The standard InChI is InChI=1S/C28H40N2/c1-22(21-30-18-9-8-17-27(30)19-23-11-4-2-5-12-23)25-15-10-16-26(20-25)28(29)24-13-6-3-7-14-24/h3,6-7,10,13-16,20,22-23,27-28H,2,4-5,8-9,11-12,17-19,21,29H2,1H3. The number of hydrogen-bond acceptors (Lipinski definition) is 2. The molecule has 0 spiro atoms. The molecule has 0 aromatic heterocycles. The summed E-state index contributed by atoms with van der Waals surface area (Å²) in [6.07, 6.45) is 13.0. The second kappa shape index (κ2) is 10.6. The van der Waals surface area contributed by atoms with Crippen LogP contribution in [0.15, 0.2) is 54.6 Å². The summed E-state index contributed by atoms with van der Waals surface area (Å²) < 4.78 is 0. The topological polar surface area (TPSA) is 29.3 Å². The Morgan fingerprint density at radius 2 is 1.53 bits per heavy atom. The lowest BCUT2D eigenvalue weighted by Gasteiger charge is -2.40. The molecular formula is C28H40N2. The van der Waals surface area contributed by atoms with E-state index in [0.29, 0.717) is 5.92 Å². The van der Waals surface area contributed by atoms with E-state index in [0.717, 1.165) is 12.0 Å². The first-order chi connectivity index (χ1) is 14.7. The number of rotatable bonds is 7. The fourth-order valence-corrected chi connectivity index (χ4v) is 5.74. The minimum Gasteiger partial charge on any atom is -0.320 e. The van der Waals surface area contributed by atoms with Crippen LogP contribution in [-0.4, -0.2) is 24.0 Å². The predicted molar refractivity (Wildman–Crippen MR) is 128 cm³/mol. The van der Waals surface area contributed by atoms with Gasteiger partial charge in [0.1, 0.15) is 0 Å². The van der Waals surface area contributed by atoms with Gasteiger partial charge in [-0.3, -0.25) is 4.90 Å². The molecular weight excluding hydrogens is 364 g/mol. The molecule has 0 amide bonds. The Kier molecular flexibility index (Phi) is 7.62. The van der Waals surface area contributed by atoms with E-state index in [9.17, 15) is 0 Å². The second-order valence-corrected chi connectivity index (χ2v) is 9.84. The monoisotopic (exact) mass is 404 g/mol. The lowest BCUT2D eigenvalue weighted by atomic mass is 9.82. The molecule has 0 radical (unpaired) electrons. The zero-order valence-corrected chi connectivity index (χ0v) is 18.8. The zero-order valence-electron chi connectivity index (χ0n) is 18.8. The van der Waals surface area contributed by atoms with Gasteiger partial charge in [0.15, 0.2) is 0 Å². The van der Waals surface area contributed by atoms with Gasteiger partial charge in [0.2, 0.25) is 0 Å². The van der Waals surface area contributed by atoms with E-state index < -0.39 is 0 Å². The van der Waals surface area contributed by atoms with Crippen LogP contribution in [0.25, 0.3) is 0 Å². The number of benzene rings is 2. The highest BCUT2D eigenvalue weighted by Crippen LogP contribution is 2.33. The summed E-state index contributed by atoms with van der Waals surface area (Å²) in [6, 6.07) is 20.2. The molecule has 2 fully saturated rings. The number of nitrogens with zero attached hydrogens (tertiary/aromatic N) is 1. The summed E-state index contributed by atoms with van der Waals surface area (Å²) in [6.45, 7) is 4.87. The van der Waals surface area contributed by atoms with Crippen LogP contribution < -0.4 is 5.73 Å². The van der Waals surface area contributed by atoms with Crippen molar-refractivity contribution < 1.29 is 0 Å². The van der Waals surface area contributed by atoms with Gasteiger partial charge in [0, 0.05) is 12.6 Å². The Bertz CT molecular complexity index is 765. The van der Waals surface area contributed by atoms with E-state index >= 15 is 0 Å². The Morgan fingerprint density at radius 3 is 2.33 bits per heavy atom. The Morgan fingerprint density at radius 1 is 0.833 bits per heavy atom. The Labute approximate surface area is 183 Å². The summed E-state index contributed by atoms with van der Waals surface area (Å²) in [4.78, 5) is 2.83. The van der Waals surface area contributed by atoms with Crippen molar-refractivity contribution in [2.45, 2.75) is 82.7 Å². The third-order valence-electron chi connectivity index (χ3n) is 7.59. The first-order valence-electron chi connectivity index (χ1n) is 12.3. The predicted octanol–water partition coefficient (Wildman–Crippen LogP) is 6.66. The van der Waals surface area contributed by atoms with Gasteiger partial charge in [0.25, 0.3) is 0 Å². The minimum atomic E-state index is -0.0487. The molecule has 2 aromatic rings. The van der Waals surface area contributed by atoms with Gasteiger partial charge < -0.3 is 5.73 Å². The van der Waals surface area contributed by atoms with Crippen molar-refractivity contribution in [3.63, 3.8) is 0 Å². The zero-order chi connectivity index (χ0) is 20.8. The van der Waals surface area contributed by atoms with E-state index in [1.165, 1.54) is 87.6 Å². The van der Waals surface area contributed by atoms with Gasteiger partial charge in [0.05, 0.1) is 6.04 Å². The van der Waals surface area contributed by atoms with Gasteiger partial charge in [-0.2, -0.15) is 0 Å². The maximum Gasteiger partial charge on any atom is 0.0551 e. The van der Waals surface area contributed by atoms with Gasteiger partial charge in [-0.05, 0) is 54.3 Å². The summed E-state index contributed by atoms with van der Waals surface area (Å²) in [5, 5.41) is 0. The summed E-state index contributed by atoms with van der Waals surface area (Å²) in [5.41, 5.74) is 10.4. The molecule has 3 atom stereocenters. The fourth-order valence-electron chi connectivity index (χ4n) is 5.74. The molecule has 2 aliphatic rings. The van der Waals surface area contributed by atoms with E-state index in [1.54, 1.807) is 0 Å². The maximum absolute atomic E-state index is 6.59. The quantitative estimate of drug-likeness (QED) is 0.559. The fraction of sp³-hybridized carbons (Fsp3) is 0.571. The highest BCUT2D eigenvalue weighted by atomic mass is 15.2. The van der Waals surface area contributed by atoms with Gasteiger partial charge in [-0.1, -0.05) is 100 Å². The van der Waals surface area contributed by atoms with Gasteiger partial charge in [-0.15, -0.1) is 0 Å². The van der Waals surface area contributed by atoms with E-state index in [4.69, 9.17) is 5.73 Å². The molecule has 1 saturated carbocycles. The molecule has 4 rings (SSSR count). The normalized spacial score (nSPS) is 23.2. The molecule has 2 nitrogen and oxygen atoms in total. The van der Waals surface area contributed by atoms with Crippen LogP contribution in [-0.2, 0) is 0 Å². The van der Waals surface area contributed by atoms with E-state index in [-0.39, 0.29) is 6.04 Å². The highest BCUT2D eigenvalue weighted by Gasteiger charge is 2.27. The first-order valence-corrected chi connectivity index (χ1v) is 12.3. The molecule has 2 heteroatoms. The lowest BCUT2D eigenvalue weighted by Crippen LogP contribution is -2.42. The van der Waals surface area contributed by atoms with Crippen molar-refractivity contribution in [2.24, 2.45) is 11.7 Å².